The smallest absolute Gasteiger partial charge is 0.237 e. The van der Waals surface area contributed by atoms with Gasteiger partial charge in [-0.05, 0) is 48.5 Å². The summed E-state index contributed by atoms with van der Waals surface area (Å²) in [7, 11) is 0. The number of aromatic hydroxyl groups is 1. The molecule has 0 aliphatic heterocycles. The lowest BCUT2D eigenvalue weighted by Crippen LogP contribution is -2.15. The fourth-order valence-electron chi connectivity index (χ4n) is 2.17. The topological polar surface area (TPSA) is 130 Å². The summed E-state index contributed by atoms with van der Waals surface area (Å²) in [6.07, 6.45) is 0. The van der Waals surface area contributed by atoms with Gasteiger partial charge < -0.3 is 9.52 Å². The molecule has 0 aliphatic carbocycles. The van der Waals surface area contributed by atoms with E-state index in [1.165, 1.54) is 16.8 Å². The number of nitrogens with zero attached hydrogens (tertiary/aromatic N) is 5. The van der Waals surface area contributed by atoms with Crippen LogP contribution < -0.4 is 5.32 Å². The van der Waals surface area contributed by atoms with Gasteiger partial charge >= 0.3 is 0 Å². The first kappa shape index (κ1) is 17.5. The number of carbonyl (C=O) groups excluding carboxylic acids is 1. The molecule has 0 unspecified atom stereocenters. The maximum Gasteiger partial charge on any atom is 0.237 e. The van der Waals surface area contributed by atoms with Gasteiger partial charge in [-0.2, -0.15) is 9.94 Å². The number of furan rings is 1. The predicted octanol–water partition coefficient (Wildman–Crippen LogP) is 2.18. The van der Waals surface area contributed by atoms with Crippen LogP contribution in [0.1, 0.15) is 16.9 Å². The number of phenols is 1. The Morgan fingerprint density at radius 1 is 1.38 bits per heavy atom. The predicted molar refractivity (Wildman–Crippen MR) is 93.1 cm³/mol. The highest BCUT2D eigenvalue weighted by atomic mass is 32.2. The van der Waals surface area contributed by atoms with Crippen LogP contribution in [0.15, 0.2) is 33.8 Å². The van der Waals surface area contributed by atoms with Crippen LogP contribution in [0.25, 0.3) is 5.69 Å². The van der Waals surface area contributed by atoms with Gasteiger partial charge in [0.15, 0.2) is 0 Å². The van der Waals surface area contributed by atoms with Crippen LogP contribution in [0, 0.1) is 25.2 Å². The molecule has 1 aromatic carbocycles. The maximum absolute atomic E-state index is 12.2. The number of aromatic nitrogens is 4. The first-order valence-electron chi connectivity index (χ1n) is 7.50. The van der Waals surface area contributed by atoms with Gasteiger partial charge in [-0.15, -0.1) is 5.10 Å². The van der Waals surface area contributed by atoms with E-state index >= 15 is 0 Å². The number of amides is 1. The van der Waals surface area contributed by atoms with Gasteiger partial charge in [-0.25, -0.2) is 0 Å². The van der Waals surface area contributed by atoms with Crippen LogP contribution in [-0.2, 0) is 4.79 Å². The largest absolute Gasteiger partial charge is 0.508 e. The van der Waals surface area contributed by atoms with Crippen molar-refractivity contribution in [3.8, 4) is 17.5 Å². The van der Waals surface area contributed by atoms with E-state index in [-0.39, 0.29) is 23.3 Å². The van der Waals surface area contributed by atoms with Crippen LogP contribution in [0.3, 0.4) is 0 Å². The molecule has 0 spiro atoms. The van der Waals surface area contributed by atoms with Crippen molar-refractivity contribution in [1.82, 2.24) is 20.2 Å². The third-order valence-electron chi connectivity index (χ3n) is 3.62. The lowest BCUT2D eigenvalue weighted by molar-refractivity contribution is -0.113. The van der Waals surface area contributed by atoms with Gasteiger partial charge in [0.25, 0.3) is 0 Å². The van der Waals surface area contributed by atoms with E-state index in [0.717, 1.165) is 11.8 Å². The molecular formula is C16H14N6O3S. The Morgan fingerprint density at radius 3 is 2.81 bits per heavy atom. The van der Waals surface area contributed by atoms with E-state index in [1.54, 1.807) is 26.0 Å². The Hall–Kier alpha value is -3.32. The molecule has 0 radical (unpaired) electrons. The second kappa shape index (κ2) is 7.28. The van der Waals surface area contributed by atoms with Crippen LogP contribution in [0.2, 0.25) is 0 Å². The highest BCUT2D eigenvalue weighted by Crippen LogP contribution is 2.26. The van der Waals surface area contributed by atoms with Gasteiger partial charge in [-0.1, -0.05) is 11.8 Å². The normalized spacial score (nSPS) is 10.5. The molecule has 0 saturated carbocycles. The SMILES string of the molecule is Cc1oc(NC(=O)CSc2nnnn2-c2ccc(O)cc2)c(C#N)c1C. The second-order valence-electron chi connectivity index (χ2n) is 5.33. The summed E-state index contributed by atoms with van der Waals surface area (Å²) in [5.74, 6) is 0.544. The monoisotopic (exact) mass is 370 g/mol. The number of hydrogen-bond acceptors (Lipinski definition) is 8. The van der Waals surface area contributed by atoms with Gasteiger partial charge in [0.05, 0.1) is 11.4 Å². The second-order valence-corrected chi connectivity index (χ2v) is 6.27. The molecule has 132 valence electrons. The van der Waals surface area contributed by atoms with Crippen molar-refractivity contribution >= 4 is 23.6 Å². The summed E-state index contributed by atoms with van der Waals surface area (Å²) >= 11 is 1.13. The van der Waals surface area contributed by atoms with Crippen molar-refractivity contribution in [2.45, 2.75) is 19.0 Å². The molecule has 3 rings (SSSR count). The summed E-state index contributed by atoms with van der Waals surface area (Å²) in [6, 6.07) is 8.37. The Kier molecular flexibility index (Phi) is 4.90. The lowest BCUT2D eigenvalue weighted by atomic mass is 10.2. The molecular weight excluding hydrogens is 356 g/mol. The van der Waals surface area contributed by atoms with E-state index in [2.05, 4.69) is 20.8 Å². The Labute approximate surface area is 152 Å². The van der Waals surface area contributed by atoms with Gasteiger partial charge in [-0.3, -0.25) is 10.1 Å². The lowest BCUT2D eigenvalue weighted by Gasteiger charge is -2.05. The minimum atomic E-state index is -0.347. The maximum atomic E-state index is 12.2. The molecule has 2 aromatic heterocycles. The first-order valence-corrected chi connectivity index (χ1v) is 8.48. The number of rotatable bonds is 5. The number of anilines is 1. The summed E-state index contributed by atoms with van der Waals surface area (Å²) < 4.78 is 6.87. The standard InChI is InChI=1S/C16H14N6O3S/c1-9-10(2)25-15(13(9)7-17)18-14(24)8-26-16-19-20-21-22(16)11-3-5-12(23)6-4-11/h3-6,23H,8H2,1-2H3,(H,18,24). The third-order valence-corrected chi connectivity index (χ3v) is 4.54. The highest BCUT2D eigenvalue weighted by Gasteiger charge is 2.18. The number of thioether (sulfide) groups is 1. The van der Waals surface area contributed by atoms with Crippen LogP contribution in [0.5, 0.6) is 5.75 Å². The quantitative estimate of drug-likeness (QED) is 0.654. The zero-order valence-corrected chi connectivity index (χ0v) is 14.7. The van der Waals surface area contributed by atoms with Crippen molar-refractivity contribution in [1.29, 1.82) is 5.26 Å². The van der Waals surface area contributed by atoms with E-state index in [9.17, 15) is 15.2 Å². The number of nitriles is 1. The number of nitrogens with one attached hydrogen (secondary N) is 1. The van der Waals surface area contributed by atoms with Gasteiger partial charge in [0.2, 0.25) is 16.9 Å². The number of benzene rings is 1. The number of aryl methyl sites for hydroxylation is 1. The van der Waals surface area contributed by atoms with Crippen molar-refractivity contribution in [3.63, 3.8) is 0 Å². The summed E-state index contributed by atoms with van der Waals surface area (Å²) in [6.45, 7) is 3.49. The van der Waals surface area contributed by atoms with Crippen LogP contribution >= 0.6 is 11.8 Å². The highest BCUT2D eigenvalue weighted by molar-refractivity contribution is 7.99. The molecule has 0 atom stereocenters. The van der Waals surface area contributed by atoms with E-state index in [4.69, 9.17) is 4.42 Å². The molecule has 2 heterocycles. The average Bonchev–Trinajstić information content (AvgIpc) is 3.19. The first-order chi connectivity index (χ1) is 12.5. The molecule has 0 bridgehead atoms. The Morgan fingerprint density at radius 2 is 2.12 bits per heavy atom. The number of hydrogen-bond donors (Lipinski definition) is 2. The summed E-state index contributed by atoms with van der Waals surface area (Å²) in [4.78, 5) is 12.2. The molecule has 3 aromatic rings. The van der Waals surface area contributed by atoms with Crippen molar-refractivity contribution in [2.24, 2.45) is 0 Å². The van der Waals surface area contributed by atoms with Crippen molar-refractivity contribution < 1.29 is 14.3 Å². The van der Waals surface area contributed by atoms with Crippen LogP contribution in [-0.4, -0.2) is 37.0 Å². The number of tetrazole rings is 1. The molecule has 2 N–H and O–H groups in total. The fourth-order valence-corrected chi connectivity index (χ4v) is 2.86. The van der Waals surface area contributed by atoms with Crippen molar-refractivity contribution in [2.75, 3.05) is 11.1 Å². The van der Waals surface area contributed by atoms with Crippen molar-refractivity contribution in [3.05, 3.63) is 41.2 Å². The fraction of sp³-hybridized carbons (Fsp3) is 0.188. The Bertz CT molecular complexity index is 987. The van der Waals surface area contributed by atoms with Gasteiger partial charge in [0, 0.05) is 5.56 Å². The zero-order valence-electron chi connectivity index (χ0n) is 13.9. The van der Waals surface area contributed by atoms with E-state index < -0.39 is 0 Å². The zero-order chi connectivity index (χ0) is 18.7. The van der Waals surface area contributed by atoms with Gasteiger partial charge in [0.1, 0.15) is 23.1 Å². The minimum absolute atomic E-state index is 0.0299. The molecule has 26 heavy (non-hydrogen) atoms. The average molecular weight is 370 g/mol. The molecule has 0 fully saturated rings. The number of phenolic OH excluding ortho intramolecular Hbond substituents is 1. The van der Waals surface area contributed by atoms with Crippen LogP contribution in [0.4, 0.5) is 5.88 Å². The molecule has 10 heteroatoms. The van der Waals surface area contributed by atoms with E-state index in [1.807, 2.05) is 6.07 Å². The summed E-state index contributed by atoms with van der Waals surface area (Å²) in [5, 5.41) is 32.9. The molecule has 0 aliphatic rings. The summed E-state index contributed by atoms with van der Waals surface area (Å²) in [5.41, 5.74) is 1.67. The third kappa shape index (κ3) is 3.52. The Balaban J connectivity index is 1.68. The minimum Gasteiger partial charge on any atom is -0.508 e. The molecule has 1 amide bonds. The van der Waals surface area contributed by atoms with E-state index in [0.29, 0.717) is 27.7 Å². The number of carbonyl (C=O) groups is 1. The molecule has 9 nitrogen and oxygen atoms in total. The molecule has 0 saturated heterocycles.